The maximum atomic E-state index is 10.1. The monoisotopic (exact) mass is 306 g/mol. The number of hydrazone groups is 1. The number of nitrogens with two attached hydrogens (primary N) is 1. The molecule has 0 radical (unpaired) electrons. The van der Waals surface area contributed by atoms with Crippen molar-refractivity contribution in [3.05, 3.63) is 18.1 Å². The van der Waals surface area contributed by atoms with E-state index in [1.807, 2.05) is 0 Å². The quantitative estimate of drug-likeness (QED) is 0.477. The number of ether oxygens (including phenoxy) is 1. The summed E-state index contributed by atoms with van der Waals surface area (Å²) in [5, 5.41) is 35.6. The van der Waals surface area contributed by atoms with Gasteiger partial charge in [-0.3, -0.25) is 0 Å². The summed E-state index contributed by atoms with van der Waals surface area (Å²) in [5.41, 5.74) is 7.01. The van der Waals surface area contributed by atoms with Crippen LogP contribution >= 0.6 is 0 Å². The molecule has 0 saturated carbocycles. The Morgan fingerprint density at radius 3 is 2.68 bits per heavy atom. The highest BCUT2D eigenvalue weighted by Gasteiger charge is 2.44. The Bertz CT molecular complexity index is 789. The lowest BCUT2D eigenvalue weighted by Gasteiger charge is -2.18. The average Bonchev–Trinajstić information content (AvgIpc) is 2.99. The molecule has 1 fully saturated rings. The molecule has 4 rings (SSSR count). The summed E-state index contributed by atoms with van der Waals surface area (Å²) in [6, 6.07) is 0. The minimum absolute atomic E-state index is 0.280. The molecule has 0 aliphatic carbocycles. The van der Waals surface area contributed by atoms with Gasteiger partial charge in [0.2, 0.25) is 0 Å². The smallest absolute Gasteiger partial charge is 0.186 e. The number of nitrogens with zero attached hydrogens (tertiary/aromatic N) is 5. The first-order chi connectivity index (χ1) is 10.5. The molecule has 4 atom stereocenters. The summed E-state index contributed by atoms with van der Waals surface area (Å²) in [6.07, 6.45) is -2.17. The van der Waals surface area contributed by atoms with Gasteiger partial charge >= 0.3 is 0 Å². The van der Waals surface area contributed by atoms with E-state index in [4.69, 9.17) is 10.5 Å². The van der Waals surface area contributed by atoms with Crippen LogP contribution in [0.4, 0.5) is 5.82 Å². The van der Waals surface area contributed by atoms with E-state index < -0.39 is 24.7 Å². The van der Waals surface area contributed by atoms with Crippen LogP contribution in [0.5, 0.6) is 0 Å². The van der Waals surface area contributed by atoms with Crippen molar-refractivity contribution >= 4 is 22.7 Å². The predicted octanol–water partition coefficient (Wildman–Crippen LogP) is -1.93. The summed E-state index contributed by atoms with van der Waals surface area (Å²) in [5.74, 6) is 0.851. The van der Waals surface area contributed by atoms with Crippen molar-refractivity contribution in [1.82, 2.24) is 14.5 Å². The number of aliphatic hydroxyl groups is 3. The highest BCUT2D eigenvalue weighted by atomic mass is 16.7. The molecule has 2 aromatic heterocycles. The van der Waals surface area contributed by atoms with Crippen molar-refractivity contribution in [3.8, 4) is 0 Å². The second-order valence-electron chi connectivity index (χ2n) is 5.25. The zero-order valence-corrected chi connectivity index (χ0v) is 11.5. The number of hydrogen-bond acceptors (Lipinski definition) is 9. The van der Waals surface area contributed by atoms with E-state index in [1.165, 1.54) is 15.9 Å². The molecule has 116 valence electrons. The number of aromatic nitrogens is 3. The van der Waals surface area contributed by atoms with Crippen LogP contribution in [-0.2, 0) is 4.74 Å². The van der Waals surface area contributed by atoms with Crippen LogP contribution in [0.25, 0.3) is 11.0 Å². The van der Waals surface area contributed by atoms with E-state index in [-0.39, 0.29) is 5.84 Å². The normalized spacial score (nSPS) is 30.9. The molecule has 22 heavy (non-hydrogen) atoms. The van der Waals surface area contributed by atoms with Gasteiger partial charge < -0.3 is 30.4 Å². The van der Waals surface area contributed by atoms with Gasteiger partial charge in [-0.2, -0.15) is 5.10 Å². The molecule has 0 aromatic carbocycles. The number of anilines is 1. The number of hydrogen-bond donors (Lipinski definition) is 4. The fourth-order valence-corrected chi connectivity index (χ4v) is 2.84. The lowest BCUT2D eigenvalue weighted by atomic mass is 10.2. The maximum absolute atomic E-state index is 10.1. The third kappa shape index (κ3) is 1.60. The van der Waals surface area contributed by atoms with Crippen LogP contribution < -0.4 is 10.7 Å². The number of aliphatic hydroxyl groups excluding tert-OH is 3. The number of rotatable bonds is 1. The first-order valence-electron chi connectivity index (χ1n) is 6.62. The van der Waals surface area contributed by atoms with Crippen LogP contribution in [0.1, 0.15) is 11.8 Å². The van der Waals surface area contributed by atoms with Crippen LogP contribution in [0.3, 0.4) is 0 Å². The zero-order chi connectivity index (χ0) is 15.6. The fourth-order valence-electron chi connectivity index (χ4n) is 2.84. The lowest BCUT2D eigenvalue weighted by molar-refractivity contribution is -0.140. The van der Waals surface area contributed by atoms with Gasteiger partial charge in [0.05, 0.1) is 5.39 Å². The molecule has 2 aromatic rings. The molecule has 5 N–H and O–H groups in total. The van der Waals surface area contributed by atoms with Gasteiger partial charge in [-0.15, -0.1) is 0 Å². The topological polar surface area (TPSA) is 142 Å². The van der Waals surface area contributed by atoms with Gasteiger partial charge in [0.1, 0.15) is 24.2 Å². The number of amidine groups is 1. The zero-order valence-electron chi connectivity index (χ0n) is 11.5. The van der Waals surface area contributed by atoms with Gasteiger partial charge in [-0.05, 0) is 0 Å². The van der Waals surface area contributed by atoms with Gasteiger partial charge in [-0.25, -0.2) is 15.0 Å². The Labute approximate surface area is 124 Å². The van der Waals surface area contributed by atoms with Crippen LogP contribution in [0.2, 0.25) is 0 Å². The van der Waals surface area contributed by atoms with Crippen molar-refractivity contribution in [2.75, 3.05) is 12.1 Å². The van der Waals surface area contributed by atoms with Crippen LogP contribution in [0, 0.1) is 0 Å². The summed E-state index contributed by atoms with van der Waals surface area (Å²) < 4.78 is 6.74. The largest absolute Gasteiger partial charge is 0.385 e. The molecule has 2 aliphatic rings. The SMILES string of the molecule is CN1N=C(N)c2cn([C@@H]3O[C@H](O)[C@H](O)[C@@H]3O)c3ncnc1c23. The molecule has 10 heteroatoms. The van der Waals surface area contributed by atoms with E-state index in [2.05, 4.69) is 15.1 Å². The van der Waals surface area contributed by atoms with Crippen molar-refractivity contribution < 1.29 is 20.1 Å². The van der Waals surface area contributed by atoms with Crippen molar-refractivity contribution in [2.45, 2.75) is 24.7 Å². The Balaban J connectivity index is 1.94. The molecular weight excluding hydrogens is 292 g/mol. The third-order valence-electron chi connectivity index (χ3n) is 3.92. The van der Waals surface area contributed by atoms with E-state index in [0.29, 0.717) is 22.4 Å². The summed E-state index contributed by atoms with van der Waals surface area (Å²) >= 11 is 0. The minimum atomic E-state index is -1.47. The van der Waals surface area contributed by atoms with Gasteiger partial charge in [0.25, 0.3) is 0 Å². The lowest BCUT2D eigenvalue weighted by Crippen LogP contribution is -2.31. The molecular formula is C12H14N6O4. The van der Waals surface area contributed by atoms with E-state index in [0.717, 1.165) is 0 Å². The van der Waals surface area contributed by atoms with Gasteiger partial charge in [0, 0.05) is 18.8 Å². The van der Waals surface area contributed by atoms with E-state index >= 15 is 0 Å². The minimum Gasteiger partial charge on any atom is -0.385 e. The maximum Gasteiger partial charge on any atom is 0.186 e. The Kier molecular flexibility index (Phi) is 2.66. The molecule has 2 aliphatic heterocycles. The average molecular weight is 306 g/mol. The Morgan fingerprint density at radius 2 is 2.00 bits per heavy atom. The highest BCUT2D eigenvalue weighted by molar-refractivity contribution is 6.13. The predicted molar refractivity (Wildman–Crippen MR) is 74.8 cm³/mol. The van der Waals surface area contributed by atoms with Gasteiger partial charge in [0.15, 0.2) is 24.2 Å². The Morgan fingerprint density at radius 1 is 1.23 bits per heavy atom. The van der Waals surface area contributed by atoms with Crippen LogP contribution in [0.15, 0.2) is 17.6 Å². The summed E-state index contributed by atoms with van der Waals surface area (Å²) in [7, 11) is 1.71. The van der Waals surface area contributed by atoms with E-state index in [9.17, 15) is 15.3 Å². The molecule has 1 saturated heterocycles. The van der Waals surface area contributed by atoms with Crippen molar-refractivity contribution in [3.63, 3.8) is 0 Å². The molecule has 4 heterocycles. The summed E-state index contributed by atoms with van der Waals surface area (Å²) in [6.45, 7) is 0. The standard InChI is InChI=1S/C12H14N6O4/c1-17-9-5-4(8(13)16-17)2-18(10(5)15-3-14-9)11-6(19)7(20)12(21)22-11/h2-3,6-7,11-12,19-21H,1H3,(H2,13,16)/t6-,7+,11+,12-/m0/s1. The first-order valence-corrected chi connectivity index (χ1v) is 6.62. The second-order valence-corrected chi connectivity index (χ2v) is 5.25. The fraction of sp³-hybridized carbons (Fsp3) is 0.417. The molecule has 0 spiro atoms. The van der Waals surface area contributed by atoms with E-state index in [1.54, 1.807) is 13.2 Å². The van der Waals surface area contributed by atoms with Crippen molar-refractivity contribution in [1.29, 1.82) is 0 Å². The molecule has 0 amide bonds. The van der Waals surface area contributed by atoms with Crippen molar-refractivity contribution in [2.24, 2.45) is 10.8 Å². The third-order valence-corrected chi connectivity index (χ3v) is 3.92. The molecule has 0 bridgehead atoms. The highest BCUT2D eigenvalue weighted by Crippen LogP contribution is 2.36. The first kappa shape index (κ1) is 13.4. The second kappa shape index (κ2) is 4.36. The molecule has 10 nitrogen and oxygen atoms in total. The molecule has 0 unspecified atom stereocenters. The summed E-state index contributed by atoms with van der Waals surface area (Å²) in [4.78, 5) is 8.38. The Hall–Kier alpha value is -2.27. The van der Waals surface area contributed by atoms with Gasteiger partial charge in [-0.1, -0.05) is 0 Å². The van der Waals surface area contributed by atoms with Crippen LogP contribution in [-0.4, -0.2) is 61.2 Å².